The van der Waals surface area contributed by atoms with E-state index >= 15 is 0 Å². The summed E-state index contributed by atoms with van der Waals surface area (Å²) in [6.45, 7) is 1.67. The Morgan fingerprint density at radius 2 is 2.25 bits per heavy atom. The molecule has 0 aliphatic heterocycles. The van der Waals surface area contributed by atoms with Gasteiger partial charge in [0.25, 0.3) is 0 Å². The SMILES string of the molecule is C[C@@H](N)[C@H](O)c1ccc(F)nc1. The topological polar surface area (TPSA) is 59.1 Å². The molecule has 4 heteroatoms. The van der Waals surface area contributed by atoms with Gasteiger partial charge in [-0.2, -0.15) is 4.39 Å². The summed E-state index contributed by atoms with van der Waals surface area (Å²) < 4.78 is 12.3. The number of halogens is 1. The molecule has 1 heterocycles. The summed E-state index contributed by atoms with van der Waals surface area (Å²) in [7, 11) is 0. The number of aliphatic hydroxyl groups excluding tert-OH is 1. The second-order valence-electron chi connectivity index (χ2n) is 2.72. The normalized spacial score (nSPS) is 15.7. The van der Waals surface area contributed by atoms with E-state index in [2.05, 4.69) is 4.98 Å². The molecule has 2 atom stereocenters. The quantitative estimate of drug-likeness (QED) is 0.639. The molecule has 0 unspecified atom stereocenters. The van der Waals surface area contributed by atoms with Crippen molar-refractivity contribution in [3.05, 3.63) is 29.8 Å². The molecule has 1 aromatic heterocycles. The highest BCUT2D eigenvalue weighted by Gasteiger charge is 2.12. The van der Waals surface area contributed by atoms with Crippen molar-refractivity contribution in [1.82, 2.24) is 4.98 Å². The Kier molecular flexibility index (Phi) is 2.73. The summed E-state index contributed by atoms with van der Waals surface area (Å²) in [5, 5.41) is 9.40. The third-order valence-electron chi connectivity index (χ3n) is 1.59. The molecule has 0 saturated carbocycles. The molecule has 0 spiro atoms. The van der Waals surface area contributed by atoms with Gasteiger partial charge in [-0.25, -0.2) is 4.98 Å². The average molecular weight is 170 g/mol. The maximum Gasteiger partial charge on any atom is 0.212 e. The Morgan fingerprint density at radius 3 is 2.67 bits per heavy atom. The molecule has 0 bridgehead atoms. The van der Waals surface area contributed by atoms with Crippen LogP contribution in [-0.2, 0) is 0 Å². The van der Waals surface area contributed by atoms with Gasteiger partial charge < -0.3 is 10.8 Å². The average Bonchev–Trinajstić information content (AvgIpc) is 2.04. The van der Waals surface area contributed by atoms with Gasteiger partial charge in [0.2, 0.25) is 5.95 Å². The van der Waals surface area contributed by atoms with Crippen LogP contribution in [-0.4, -0.2) is 16.1 Å². The first-order chi connectivity index (χ1) is 5.61. The van der Waals surface area contributed by atoms with Gasteiger partial charge in [-0.3, -0.25) is 0 Å². The lowest BCUT2D eigenvalue weighted by molar-refractivity contribution is 0.153. The van der Waals surface area contributed by atoms with Gasteiger partial charge >= 0.3 is 0 Å². The molecule has 0 aromatic carbocycles. The first kappa shape index (κ1) is 9.09. The van der Waals surface area contributed by atoms with Gasteiger partial charge in [0.15, 0.2) is 0 Å². The van der Waals surface area contributed by atoms with Crippen LogP contribution in [0.1, 0.15) is 18.6 Å². The highest BCUT2D eigenvalue weighted by Crippen LogP contribution is 2.13. The first-order valence-electron chi connectivity index (χ1n) is 3.66. The number of aromatic nitrogens is 1. The molecule has 3 N–H and O–H groups in total. The fourth-order valence-electron chi connectivity index (χ4n) is 0.866. The minimum atomic E-state index is -0.780. The van der Waals surface area contributed by atoms with E-state index in [9.17, 15) is 9.50 Å². The van der Waals surface area contributed by atoms with E-state index < -0.39 is 12.1 Å². The lowest BCUT2D eigenvalue weighted by atomic mass is 10.1. The minimum absolute atomic E-state index is 0.378. The highest BCUT2D eigenvalue weighted by molar-refractivity contribution is 5.13. The van der Waals surface area contributed by atoms with E-state index in [1.54, 1.807) is 6.92 Å². The lowest BCUT2D eigenvalue weighted by Gasteiger charge is -2.13. The van der Waals surface area contributed by atoms with Crippen LogP contribution in [0.3, 0.4) is 0 Å². The zero-order chi connectivity index (χ0) is 9.14. The van der Waals surface area contributed by atoms with Crippen LogP contribution >= 0.6 is 0 Å². The summed E-state index contributed by atoms with van der Waals surface area (Å²) in [5.41, 5.74) is 5.97. The van der Waals surface area contributed by atoms with Crippen LogP contribution in [0.2, 0.25) is 0 Å². The van der Waals surface area contributed by atoms with Crippen molar-refractivity contribution in [2.45, 2.75) is 19.1 Å². The zero-order valence-electron chi connectivity index (χ0n) is 6.74. The number of nitrogens with two attached hydrogens (primary N) is 1. The van der Waals surface area contributed by atoms with Crippen molar-refractivity contribution < 1.29 is 9.50 Å². The summed E-state index contributed by atoms with van der Waals surface area (Å²) in [6.07, 6.45) is 0.502. The Morgan fingerprint density at radius 1 is 1.58 bits per heavy atom. The van der Waals surface area contributed by atoms with Gasteiger partial charge in [0.1, 0.15) is 0 Å². The lowest BCUT2D eigenvalue weighted by Crippen LogP contribution is -2.24. The molecule has 0 saturated heterocycles. The third kappa shape index (κ3) is 1.99. The maximum atomic E-state index is 12.3. The fourth-order valence-corrected chi connectivity index (χ4v) is 0.866. The number of rotatable bonds is 2. The van der Waals surface area contributed by atoms with Crippen molar-refractivity contribution in [1.29, 1.82) is 0 Å². The molecule has 0 amide bonds. The van der Waals surface area contributed by atoms with E-state index in [-0.39, 0.29) is 6.04 Å². The Bertz CT molecular complexity index is 248. The van der Waals surface area contributed by atoms with Crippen molar-refractivity contribution in [3.63, 3.8) is 0 Å². The fraction of sp³-hybridized carbons (Fsp3) is 0.375. The first-order valence-corrected chi connectivity index (χ1v) is 3.66. The van der Waals surface area contributed by atoms with E-state index in [0.717, 1.165) is 0 Å². The molecule has 0 aliphatic rings. The molecular weight excluding hydrogens is 159 g/mol. The van der Waals surface area contributed by atoms with Crippen molar-refractivity contribution >= 4 is 0 Å². The number of nitrogens with zero attached hydrogens (tertiary/aromatic N) is 1. The predicted octanol–water partition coefficient (Wildman–Crippen LogP) is 0.601. The van der Waals surface area contributed by atoms with Crippen LogP contribution in [0.15, 0.2) is 18.3 Å². The second-order valence-corrected chi connectivity index (χ2v) is 2.72. The summed E-state index contributed by atoms with van der Waals surface area (Å²) in [4.78, 5) is 3.40. The van der Waals surface area contributed by atoms with Gasteiger partial charge in [-0.15, -0.1) is 0 Å². The summed E-state index contributed by atoms with van der Waals surface area (Å²) in [5.74, 6) is -0.560. The van der Waals surface area contributed by atoms with Gasteiger partial charge in [-0.1, -0.05) is 6.07 Å². The van der Waals surface area contributed by atoms with Crippen molar-refractivity contribution in [2.24, 2.45) is 5.73 Å². The van der Waals surface area contributed by atoms with Gasteiger partial charge in [0.05, 0.1) is 6.10 Å². The van der Waals surface area contributed by atoms with Crippen LogP contribution in [0.5, 0.6) is 0 Å². The Balaban J connectivity index is 2.82. The van der Waals surface area contributed by atoms with E-state index in [4.69, 9.17) is 5.73 Å². The maximum absolute atomic E-state index is 12.3. The summed E-state index contributed by atoms with van der Waals surface area (Å²) >= 11 is 0. The molecule has 1 aromatic rings. The van der Waals surface area contributed by atoms with E-state index in [1.807, 2.05) is 0 Å². The second kappa shape index (κ2) is 3.60. The van der Waals surface area contributed by atoms with E-state index in [1.165, 1.54) is 18.3 Å². The Hall–Kier alpha value is -1.00. The smallest absolute Gasteiger partial charge is 0.212 e. The molecule has 1 rings (SSSR count). The molecule has 66 valence electrons. The third-order valence-corrected chi connectivity index (χ3v) is 1.59. The predicted molar refractivity (Wildman–Crippen MR) is 42.8 cm³/mol. The van der Waals surface area contributed by atoms with Crippen molar-refractivity contribution in [3.8, 4) is 0 Å². The number of pyridine rings is 1. The minimum Gasteiger partial charge on any atom is -0.387 e. The molecular formula is C8H11FN2O. The highest BCUT2D eigenvalue weighted by atomic mass is 19.1. The number of hydrogen-bond acceptors (Lipinski definition) is 3. The van der Waals surface area contributed by atoms with Crippen LogP contribution in [0, 0.1) is 5.95 Å². The van der Waals surface area contributed by atoms with Gasteiger partial charge in [-0.05, 0) is 13.0 Å². The van der Waals surface area contributed by atoms with Crippen molar-refractivity contribution in [2.75, 3.05) is 0 Å². The molecule has 0 aliphatic carbocycles. The molecule has 12 heavy (non-hydrogen) atoms. The van der Waals surface area contributed by atoms with Gasteiger partial charge in [0, 0.05) is 17.8 Å². The van der Waals surface area contributed by atoms with Crippen LogP contribution in [0.25, 0.3) is 0 Å². The number of hydrogen-bond donors (Lipinski definition) is 2. The largest absolute Gasteiger partial charge is 0.387 e. The standard InChI is InChI=1S/C8H11FN2O/c1-5(10)8(12)6-2-3-7(9)11-4-6/h2-5,8,12H,10H2,1H3/t5-,8+/m1/s1. The zero-order valence-corrected chi connectivity index (χ0v) is 6.74. The van der Waals surface area contributed by atoms with Crippen LogP contribution in [0.4, 0.5) is 4.39 Å². The molecule has 0 radical (unpaired) electrons. The molecule has 0 fully saturated rings. The number of aliphatic hydroxyl groups is 1. The Labute approximate surface area is 70.0 Å². The van der Waals surface area contributed by atoms with E-state index in [0.29, 0.717) is 5.56 Å². The monoisotopic (exact) mass is 170 g/mol. The summed E-state index contributed by atoms with van der Waals surface area (Å²) in [6, 6.07) is 2.29. The molecule has 3 nitrogen and oxygen atoms in total. The van der Waals surface area contributed by atoms with Crippen LogP contribution < -0.4 is 5.73 Å².